The molecular formula is C21H24O4. The van der Waals surface area contributed by atoms with Crippen molar-refractivity contribution in [2.75, 3.05) is 13.7 Å². The first kappa shape index (κ1) is 18.6. The Morgan fingerprint density at radius 2 is 1.92 bits per heavy atom. The van der Waals surface area contributed by atoms with Crippen LogP contribution in [0.5, 0.6) is 11.5 Å². The second-order valence-corrected chi connectivity index (χ2v) is 5.71. The summed E-state index contributed by atoms with van der Waals surface area (Å²) in [6.45, 7) is 2.67. The number of unbranched alkanes of at least 4 members (excludes halogenated alkanes) is 1. The number of carboxylic acid groups (broad SMARTS) is 1. The first-order valence-electron chi connectivity index (χ1n) is 8.43. The number of aromatic carboxylic acids is 1. The monoisotopic (exact) mass is 340 g/mol. The van der Waals surface area contributed by atoms with Gasteiger partial charge in [-0.15, -0.1) is 0 Å². The summed E-state index contributed by atoms with van der Waals surface area (Å²) in [5, 5.41) is 9.16. The second kappa shape index (κ2) is 9.52. The van der Waals surface area contributed by atoms with Crippen molar-refractivity contribution in [2.24, 2.45) is 0 Å². The van der Waals surface area contributed by atoms with E-state index in [0.29, 0.717) is 12.4 Å². The van der Waals surface area contributed by atoms with Crippen LogP contribution in [0.1, 0.15) is 41.3 Å². The third-order valence-corrected chi connectivity index (χ3v) is 3.83. The molecule has 0 bridgehead atoms. The van der Waals surface area contributed by atoms with Crippen molar-refractivity contribution < 1.29 is 19.4 Å². The van der Waals surface area contributed by atoms with Gasteiger partial charge in [-0.05, 0) is 42.7 Å². The summed E-state index contributed by atoms with van der Waals surface area (Å²) >= 11 is 0. The minimum absolute atomic E-state index is 0.235. The molecule has 4 nitrogen and oxygen atoms in total. The molecule has 2 aromatic rings. The highest BCUT2D eigenvalue weighted by atomic mass is 16.5. The van der Waals surface area contributed by atoms with Gasteiger partial charge in [0, 0.05) is 5.56 Å². The van der Waals surface area contributed by atoms with Crippen LogP contribution in [0.25, 0.3) is 6.08 Å². The topological polar surface area (TPSA) is 55.8 Å². The third kappa shape index (κ3) is 5.68. The van der Waals surface area contributed by atoms with Gasteiger partial charge in [0.15, 0.2) is 0 Å². The zero-order valence-corrected chi connectivity index (χ0v) is 14.7. The number of methoxy groups -OCH3 is 1. The van der Waals surface area contributed by atoms with Gasteiger partial charge < -0.3 is 14.6 Å². The van der Waals surface area contributed by atoms with E-state index in [2.05, 4.69) is 6.92 Å². The lowest BCUT2D eigenvalue weighted by Crippen LogP contribution is -2.02. The van der Waals surface area contributed by atoms with Crippen molar-refractivity contribution in [1.82, 2.24) is 0 Å². The average molecular weight is 340 g/mol. The summed E-state index contributed by atoms with van der Waals surface area (Å²) in [5.41, 5.74) is 2.29. The van der Waals surface area contributed by atoms with Crippen LogP contribution < -0.4 is 9.47 Å². The standard InChI is InChI=1S/C21H24O4/c1-3-4-14-25-20-15-18(21(22)23)11-10-17(20)7-5-6-16-8-12-19(24-2)13-9-16/h5,7-13,15H,3-4,6,14H2,1-2H3,(H,22,23). The van der Waals surface area contributed by atoms with Crippen LogP contribution >= 0.6 is 0 Å². The van der Waals surface area contributed by atoms with Crippen LogP contribution in [0.4, 0.5) is 0 Å². The Hall–Kier alpha value is -2.75. The number of hydrogen-bond donors (Lipinski definition) is 1. The van der Waals surface area contributed by atoms with Gasteiger partial charge in [0.1, 0.15) is 11.5 Å². The smallest absolute Gasteiger partial charge is 0.335 e. The molecule has 0 amide bonds. The lowest BCUT2D eigenvalue weighted by Gasteiger charge is -2.10. The molecule has 0 radical (unpaired) electrons. The Morgan fingerprint density at radius 1 is 1.16 bits per heavy atom. The molecule has 4 heteroatoms. The van der Waals surface area contributed by atoms with Gasteiger partial charge in [0.25, 0.3) is 0 Å². The lowest BCUT2D eigenvalue weighted by atomic mass is 10.1. The van der Waals surface area contributed by atoms with E-state index in [4.69, 9.17) is 14.6 Å². The van der Waals surface area contributed by atoms with E-state index in [0.717, 1.165) is 30.6 Å². The summed E-state index contributed by atoms with van der Waals surface area (Å²) in [5.74, 6) is 0.497. The highest BCUT2D eigenvalue weighted by molar-refractivity contribution is 5.88. The fourth-order valence-electron chi connectivity index (χ4n) is 2.34. The molecule has 0 heterocycles. The van der Waals surface area contributed by atoms with Crippen LogP contribution in [-0.2, 0) is 6.42 Å². The molecule has 1 N–H and O–H groups in total. The summed E-state index contributed by atoms with van der Waals surface area (Å²) in [6.07, 6.45) is 6.76. The van der Waals surface area contributed by atoms with Gasteiger partial charge in [-0.1, -0.05) is 43.7 Å². The number of rotatable bonds is 9. The summed E-state index contributed by atoms with van der Waals surface area (Å²) < 4.78 is 10.9. The van der Waals surface area contributed by atoms with E-state index in [-0.39, 0.29) is 5.56 Å². The summed E-state index contributed by atoms with van der Waals surface area (Å²) in [6, 6.07) is 12.9. The van der Waals surface area contributed by atoms with E-state index in [1.807, 2.05) is 36.4 Å². The Labute approximate surface area is 148 Å². The maximum Gasteiger partial charge on any atom is 0.335 e. The van der Waals surface area contributed by atoms with Crippen molar-refractivity contribution in [3.63, 3.8) is 0 Å². The molecule has 0 saturated carbocycles. The van der Waals surface area contributed by atoms with Gasteiger partial charge in [-0.2, -0.15) is 0 Å². The third-order valence-electron chi connectivity index (χ3n) is 3.83. The number of carboxylic acids is 1. The van der Waals surface area contributed by atoms with Crippen LogP contribution in [-0.4, -0.2) is 24.8 Å². The fourth-order valence-corrected chi connectivity index (χ4v) is 2.34. The van der Waals surface area contributed by atoms with Gasteiger partial charge >= 0.3 is 5.97 Å². The van der Waals surface area contributed by atoms with E-state index < -0.39 is 5.97 Å². The van der Waals surface area contributed by atoms with Crippen molar-refractivity contribution in [3.05, 3.63) is 65.2 Å². The average Bonchev–Trinajstić information content (AvgIpc) is 2.63. The van der Waals surface area contributed by atoms with Crippen LogP contribution in [0.2, 0.25) is 0 Å². The molecular weight excluding hydrogens is 316 g/mol. The molecule has 0 atom stereocenters. The molecule has 2 rings (SSSR count). The van der Waals surface area contributed by atoms with Crippen molar-refractivity contribution >= 4 is 12.0 Å². The normalized spacial score (nSPS) is 10.8. The predicted octanol–water partition coefficient (Wildman–Crippen LogP) is 4.83. The zero-order valence-electron chi connectivity index (χ0n) is 14.7. The highest BCUT2D eigenvalue weighted by Crippen LogP contribution is 2.23. The van der Waals surface area contributed by atoms with Gasteiger partial charge in [0.2, 0.25) is 0 Å². The van der Waals surface area contributed by atoms with E-state index >= 15 is 0 Å². The molecule has 0 aromatic heterocycles. The van der Waals surface area contributed by atoms with Crippen molar-refractivity contribution in [1.29, 1.82) is 0 Å². The van der Waals surface area contributed by atoms with Gasteiger partial charge in [-0.3, -0.25) is 0 Å². The SMILES string of the molecule is CCCCOc1cc(C(=O)O)ccc1C=CCc1ccc(OC)cc1. The minimum Gasteiger partial charge on any atom is -0.497 e. The molecule has 0 fully saturated rings. The first-order chi connectivity index (χ1) is 12.1. The number of allylic oxidation sites excluding steroid dienone is 1. The minimum atomic E-state index is -0.950. The van der Waals surface area contributed by atoms with Crippen LogP contribution in [0.15, 0.2) is 48.5 Å². The maximum absolute atomic E-state index is 11.2. The van der Waals surface area contributed by atoms with Crippen LogP contribution in [0.3, 0.4) is 0 Å². The van der Waals surface area contributed by atoms with Gasteiger partial charge in [-0.25, -0.2) is 4.79 Å². The van der Waals surface area contributed by atoms with Crippen molar-refractivity contribution in [3.8, 4) is 11.5 Å². The van der Waals surface area contributed by atoms with E-state index in [1.54, 1.807) is 25.3 Å². The Balaban J connectivity index is 2.11. The fraction of sp³-hybridized carbons (Fsp3) is 0.286. The van der Waals surface area contributed by atoms with E-state index in [9.17, 15) is 4.79 Å². The Morgan fingerprint density at radius 3 is 2.56 bits per heavy atom. The largest absolute Gasteiger partial charge is 0.497 e. The summed E-state index contributed by atoms with van der Waals surface area (Å²) in [7, 11) is 1.65. The maximum atomic E-state index is 11.2. The predicted molar refractivity (Wildman–Crippen MR) is 99.5 cm³/mol. The molecule has 0 unspecified atom stereocenters. The molecule has 0 aliphatic carbocycles. The van der Waals surface area contributed by atoms with Crippen LogP contribution in [0, 0.1) is 0 Å². The molecule has 0 aliphatic heterocycles. The Bertz CT molecular complexity index is 717. The number of benzene rings is 2. The van der Waals surface area contributed by atoms with Gasteiger partial charge in [0.05, 0.1) is 19.3 Å². The molecule has 0 saturated heterocycles. The van der Waals surface area contributed by atoms with E-state index in [1.165, 1.54) is 5.56 Å². The molecule has 0 spiro atoms. The number of carbonyl (C=O) groups is 1. The molecule has 132 valence electrons. The number of hydrogen-bond acceptors (Lipinski definition) is 3. The molecule has 0 aliphatic rings. The quantitative estimate of drug-likeness (QED) is 0.664. The molecule has 25 heavy (non-hydrogen) atoms. The Kier molecular flexibility index (Phi) is 7.08. The second-order valence-electron chi connectivity index (χ2n) is 5.71. The first-order valence-corrected chi connectivity index (χ1v) is 8.43. The highest BCUT2D eigenvalue weighted by Gasteiger charge is 2.08. The zero-order chi connectivity index (χ0) is 18.1. The lowest BCUT2D eigenvalue weighted by molar-refractivity contribution is 0.0696. The van der Waals surface area contributed by atoms with Crippen molar-refractivity contribution in [2.45, 2.75) is 26.2 Å². The number of ether oxygens (including phenoxy) is 2. The molecule has 2 aromatic carbocycles. The summed E-state index contributed by atoms with van der Waals surface area (Å²) in [4.78, 5) is 11.2.